The third kappa shape index (κ3) is 5.54. The highest BCUT2D eigenvalue weighted by molar-refractivity contribution is 6.07. The normalized spacial score (nSPS) is 10.2. The van der Waals surface area contributed by atoms with E-state index in [1.807, 2.05) is 0 Å². The lowest BCUT2D eigenvalue weighted by Gasteiger charge is -2.10. The van der Waals surface area contributed by atoms with Crippen molar-refractivity contribution in [1.82, 2.24) is 9.97 Å². The van der Waals surface area contributed by atoms with Gasteiger partial charge in [-0.25, -0.2) is 14.8 Å². The van der Waals surface area contributed by atoms with Gasteiger partial charge >= 0.3 is 5.97 Å². The molecular formula is C19H24N4O3. The summed E-state index contributed by atoms with van der Waals surface area (Å²) >= 11 is 0. The van der Waals surface area contributed by atoms with Gasteiger partial charge < -0.3 is 15.4 Å². The van der Waals surface area contributed by atoms with Crippen LogP contribution in [0.4, 0.5) is 11.6 Å². The summed E-state index contributed by atoms with van der Waals surface area (Å²) in [5, 5.41) is 5.82. The van der Waals surface area contributed by atoms with Crippen molar-refractivity contribution in [2.24, 2.45) is 0 Å². The third-order valence-electron chi connectivity index (χ3n) is 3.65. The average Bonchev–Trinajstić information content (AvgIpc) is 2.66. The SMILES string of the molecule is CCCCCNc1ncc(C(=O)Nc2ccccc2C(=O)OCC)cn1. The number of carbonyl (C=O) groups is 2. The van der Waals surface area contributed by atoms with Gasteiger partial charge in [-0.15, -0.1) is 0 Å². The second kappa shape index (κ2) is 10.1. The largest absolute Gasteiger partial charge is 0.462 e. The average molecular weight is 356 g/mol. The van der Waals surface area contributed by atoms with Crippen LogP contribution in [0.2, 0.25) is 0 Å². The van der Waals surface area contributed by atoms with Gasteiger partial charge in [0.05, 0.1) is 23.4 Å². The number of hydrogen-bond donors (Lipinski definition) is 2. The van der Waals surface area contributed by atoms with E-state index in [-0.39, 0.29) is 12.5 Å². The van der Waals surface area contributed by atoms with Crippen molar-refractivity contribution < 1.29 is 14.3 Å². The van der Waals surface area contributed by atoms with E-state index in [1.54, 1.807) is 31.2 Å². The smallest absolute Gasteiger partial charge is 0.340 e. The predicted octanol–water partition coefficient (Wildman–Crippen LogP) is 3.51. The van der Waals surface area contributed by atoms with Gasteiger partial charge in [-0.05, 0) is 25.5 Å². The molecule has 0 unspecified atom stereocenters. The lowest BCUT2D eigenvalue weighted by Crippen LogP contribution is -2.16. The Balaban J connectivity index is 2.01. The monoisotopic (exact) mass is 356 g/mol. The topological polar surface area (TPSA) is 93.2 Å². The van der Waals surface area contributed by atoms with E-state index in [2.05, 4.69) is 27.5 Å². The van der Waals surface area contributed by atoms with Crippen LogP contribution >= 0.6 is 0 Å². The minimum atomic E-state index is -0.480. The molecule has 0 spiro atoms. The van der Waals surface area contributed by atoms with E-state index in [0.29, 0.717) is 22.8 Å². The number of para-hydroxylation sites is 1. The van der Waals surface area contributed by atoms with Crippen LogP contribution in [-0.4, -0.2) is 35.0 Å². The Hall–Kier alpha value is -2.96. The first kappa shape index (κ1) is 19.4. The van der Waals surface area contributed by atoms with Gasteiger partial charge in [0.2, 0.25) is 5.95 Å². The molecule has 2 rings (SSSR count). The molecule has 0 radical (unpaired) electrons. The molecule has 0 saturated carbocycles. The maximum atomic E-state index is 12.4. The van der Waals surface area contributed by atoms with Crippen molar-refractivity contribution in [1.29, 1.82) is 0 Å². The first-order valence-electron chi connectivity index (χ1n) is 8.79. The van der Waals surface area contributed by atoms with Gasteiger partial charge in [0.15, 0.2) is 0 Å². The van der Waals surface area contributed by atoms with Gasteiger partial charge in [-0.3, -0.25) is 4.79 Å². The van der Waals surface area contributed by atoms with Crippen molar-refractivity contribution in [3.05, 3.63) is 47.8 Å². The molecule has 0 bridgehead atoms. The van der Waals surface area contributed by atoms with E-state index in [1.165, 1.54) is 12.4 Å². The molecule has 0 aliphatic carbocycles. The summed E-state index contributed by atoms with van der Waals surface area (Å²) in [4.78, 5) is 32.7. The number of anilines is 2. The van der Waals surface area contributed by atoms with E-state index < -0.39 is 5.97 Å². The number of nitrogens with zero attached hydrogens (tertiary/aromatic N) is 2. The van der Waals surface area contributed by atoms with Crippen LogP contribution in [0, 0.1) is 0 Å². The first-order valence-corrected chi connectivity index (χ1v) is 8.79. The number of hydrogen-bond acceptors (Lipinski definition) is 6. The fourth-order valence-corrected chi connectivity index (χ4v) is 2.29. The lowest BCUT2D eigenvalue weighted by atomic mass is 10.1. The second-order valence-electron chi connectivity index (χ2n) is 5.65. The maximum Gasteiger partial charge on any atom is 0.340 e. The van der Waals surface area contributed by atoms with Crippen LogP contribution in [0.5, 0.6) is 0 Å². The zero-order valence-corrected chi connectivity index (χ0v) is 15.1. The highest BCUT2D eigenvalue weighted by Gasteiger charge is 2.15. The Morgan fingerprint density at radius 2 is 1.81 bits per heavy atom. The summed E-state index contributed by atoms with van der Waals surface area (Å²) in [5.74, 6) is -0.380. The summed E-state index contributed by atoms with van der Waals surface area (Å²) in [7, 11) is 0. The fraction of sp³-hybridized carbons (Fsp3) is 0.368. The number of nitrogens with one attached hydrogen (secondary N) is 2. The van der Waals surface area contributed by atoms with E-state index in [9.17, 15) is 9.59 Å². The zero-order valence-electron chi connectivity index (χ0n) is 15.1. The molecule has 1 heterocycles. The number of unbranched alkanes of at least 4 members (excludes halogenated alkanes) is 2. The summed E-state index contributed by atoms with van der Waals surface area (Å²) in [5.41, 5.74) is 0.998. The molecule has 2 N–H and O–H groups in total. The Bertz CT molecular complexity index is 732. The van der Waals surface area contributed by atoms with E-state index >= 15 is 0 Å². The third-order valence-corrected chi connectivity index (χ3v) is 3.65. The molecule has 26 heavy (non-hydrogen) atoms. The van der Waals surface area contributed by atoms with Gasteiger partial charge in [0, 0.05) is 18.9 Å². The standard InChI is InChI=1S/C19H24N4O3/c1-3-5-8-11-20-19-21-12-14(13-22-19)17(24)23-16-10-7-6-9-15(16)18(25)26-4-2/h6-7,9-10,12-13H,3-5,8,11H2,1-2H3,(H,23,24)(H,20,21,22). The fourth-order valence-electron chi connectivity index (χ4n) is 2.29. The molecule has 138 valence electrons. The first-order chi connectivity index (χ1) is 12.7. The van der Waals surface area contributed by atoms with Crippen molar-refractivity contribution in [2.75, 3.05) is 23.8 Å². The minimum absolute atomic E-state index is 0.266. The highest BCUT2D eigenvalue weighted by atomic mass is 16.5. The molecule has 7 heteroatoms. The molecule has 0 fully saturated rings. The van der Waals surface area contributed by atoms with Crippen molar-refractivity contribution in [3.8, 4) is 0 Å². The molecule has 0 saturated heterocycles. The van der Waals surface area contributed by atoms with Crippen molar-refractivity contribution >= 4 is 23.5 Å². The molecule has 0 atom stereocenters. The number of rotatable bonds is 9. The molecule has 1 aromatic heterocycles. The van der Waals surface area contributed by atoms with Gasteiger partial charge in [-0.2, -0.15) is 0 Å². The molecule has 7 nitrogen and oxygen atoms in total. The quantitative estimate of drug-likeness (QED) is 0.527. The number of benzene rings is 1. The Labute approximate surface area is 153 Å². The van der Waals surface area contributed by atoms with E-state index in [0.717, 1.165) is 25.8 Å². The number of aromatic nitrogens is 2. The van der Waals surface area contributed by atoms with Crippen molar-refractivity contribution in [2.45, 2.75) is 33.1 Å². The lowest BCUT2D eigenvalue weighted by molar-refractivity contribution is 0.0527. The molecule has 1 aromatic carbocycles. The summed E-state index contributed by atoms with van der Waals surface area (Å²) in [6.07, 6.45) is 6.25. The summed E-state index contributed by atoms with van der Waals surface area (Å²) in [6.45, 7) is 4.94. The van der Waals surface area contributed by atoms with Gasteiger partial charge in [0.1, 0.15) is 0 Å². The number of carbonyl (C=O) groups excluding carboxylic acids is 2. The van der Waals surface area contributed by atoms with Crippen LogP contribution in [0.15, 0.2) is 36.7 Å². The molecular weight excluding hydrogens is 332 g/mol. The molecule has 2 aromatic rings. The van der Waals surface area contributed by atoms with Crippen molar-refractivity contribution in [3.63, 3.8) is 0 Å². The molecule has 1 amide bonds. The Kier molecular flexibility index (Phi) is 7.54. The number of esters is 1. The maximum absolute atomic E-state index is 12.4. The minimum Gasteiger partial charge on any atom is -0.462 e. The van der Waals surface area contributed by atoms with Crippen LogP contribution < -0.4 is 10.6 Å². The number of amides is 1. The molecule has 0 aliphatic rings. The van der Waals surface area contributed by atoms with Gasteiger partial charge in [-0.1, -0.05) is 31.9 Å². The van der Waals surface area contributed by atoms with Crippen LogP contribution in [0.1, 0.15) is 53.8 Å². The summed E-state index contributed by atoms with van der Waals surface area (Å²) in [6, 6.07) is 6.70. The Morgan fingerprint density at radius 3 is 2.50 bits per heavy atom. The highest BCUT2D eigenvalue weighted by Crippen LogP contribution is 2.17. The summed E-state index contributed by atoms with van der Waals surface area (Å²) < 4.78 is 5.00. The number of ether oxygens (including phenoxy) is 1. The Morgan fingerprint density at radius 1 is 1.08 bits per heavy atom. The van der Waals surface area contributed by atoms with E-state index in [4.69, 9.17) is 4.74 Å². The van der Waals surface area contributed by atoms with Crippen LogP contribution in [0.25, 0.3) is 0 Å². The predicted molar refractivity (Wildman–Crippen MR) is 100 cm³/mol. The van der Waals surface area contributed by atoms with Gasteiger partial charge in [0.25, 0.3) is 5.91 Å². The second-order valence-corrected chi connectivity index (χ2v) is 5.65. The zero-order chi connectivity index (χ0) is 18.8. The van der Waals surface area contributed by atoms with Crippen LogP contribution in [-0.2, 0) is 4.74 Å². The molecule has 0 aliphatic heterocycles. The van der Waals surface area contributed by atoms with Crippen LogP contribution in [0.3, 0.4) is 0 Å².